The van der Waals surface area contributed by atoms with Crippen molar-refractivity contribution in [1.29, 1.82) is 0 Å². The van der Waals surface area contributed by atoms with Crippen molar-refractivity contribution in [2.45, 2.75) is 25.5 Å². The first-order valence-electron chi connectivity index (χ1n) is 9.79. The zero-order chi connectivity index (χ0) is 23.9. The van der Waals surface area contributed by atoms with Gasteiger partial charge in [-0.05, 0) is 48.7 Å². The number of aromatic hydroxyl groups is 1. The minimum Gasteiger partial charge on any atom is -0.506 e. The van der Waals surface area contributed by atoms with Crippen LogP contribution in [-0.2, 0) is 16.5 Å². The average molecular weight is 465 g/mol. The number of H-pyrrole nitrogens is 1. The first-order chi connectivity index (χ1) is 15.0. The highest BCUT2D eigenvalue weighted by Gasteiger charge is 2.15. The summed E-state index contributed by atoms with van der Waals surface area (Å²) in [6.45, 7) is 2.42. The lowest BCUT2D eigenvalue weighted by molar-refractivity contribution is 0.172. The molecule has 0 aliphatic rings. The normalized spacial score (nSPS) is 13.2. The number of aliphatic hydroxyl groups is 1. The summed E-state index contributed by atoms with van der Waals surface area (Å²) in [7, 11) is -2.02. The first-order valence-corrected chi connectivity index (χ1v) is 11.6. The van der Waals surface area contributed by atoms with E-state index in [9.17, 15) is 23.4 Å². The van der Waals surface area contributed by atoms with Crippen LogP contribution in [0.25, 0.3) is 10.9 Å². The van der Waals surface area contributed by atoms with E-state index in [-0.39, 0.29) is 17.4 Å². The molecule has 0 amide bonds. The van der Waals surface area contributed by atoms with Gasteiger partial charge in [0.2, 0.25) is 5.56 Å². The summed E-state index contributed by atoms with van der Waals surface area (Å²) in [4.78, 5) is 14.1. The molecule has 0 radical (unpaired) electrons. The monoisotopic (exact) mass is 464 g/mol. The number of pyridine rings is 1. The van der Waals surface area contributed by atoms with Crippen molar-refractivity contribution in [3.8, 4) is 11.5 Å². The lowest BCUT2D eigenvalue weighted by Gasteiger charge is -2.19. The van der Waals surface area contributed by atoms with Gasteiger partial charge in [0.05, 0.1) is 25.0 Å². The molecule has 0 saturated heterocycles. The predicted octanol–water partition coefficient (Wildman–Crippen LogP) is 2.00. The maximum atomic E-state index is 11.5. The fourth-order valence-corrected chi connectivity index (χ4v) is 3.16. The van der Waals surface area contributed by atoms with Crippen LogP contribution in [-0.4, -0.2) is 54.1 Å². The number of aromatic amines is 1. The van der Waals surface area contributed by atoms with E-state index in [4.69, 9.17) is 9.29 Å². The summed E-state index contributed by atoms with van der Waals surface area (Å²) in [6, 6.07) is 14.2. The number of ether oxygens (including phenoxy) is 1. The number of aromatic nitrogens is 1. The van der Waals surface area contributed by atoms with Gasteiger partial charge >= 0.3 is 0 Å². The standard InChI is InChI=1S/C21H24N2O4.CH4O3S/c1-13(11-14-3-5-15(27-2)6-4-14)22-12-19(25)16-7-9-18(24)21-17(16)8-10-20(26)23-21;1-5(2,3)4/h3-10,13,19,22,24-25H,11-12H2,1-2H3,(H,23,26);1H3,(H,2,3,4)/t13-,19+;/m1./s1. The summed E-state index contributed by atoms with van der Waals surface area (Å²) in [6.07, 6.45) is 0.769. The van der Waals surface area contributed by atoms with Crippen LogP contribution in [0.3, 0.4) is 0 Å². The molecule has 0 bridgehead atoms. The number of phenolic OH excluding ortho intramolecular Hbond substituents is 1. The van der Waals surface area contributed by atoms with Crippen molar-refractivity contribution in [2.75, 3.05) is 19.9 Å². The summed E-state index contributed by atoms with van der Waals surface area (Å²) in [5.74, 6) is 0.812. The molecule has 3 rings (SSSR count). The van der Waals surface area contributed by atoms with Crippen molar-refractivity contribution < 1.29 is 27.9 Å². The Morgan fingerprint density at radius 1 is 1.09 bits per heavy atom. The minimum absolute atomic E-state index is 0.0144. The maximum absolute atomic E-state index is 11.5. The molecule has 32 heavy (non-hydrogen) atoms. The van der Waals surface area contributed by atoms with Crippen LogP contribution in [0.1, 0.15) is 24.2 Å². The van der Waals surface area contributed by atoms with Gasteiger partial charge in [-0.25, -0.2) is 0 Å². The van der Waals surface area contributed by atoms with Gasteiger partial charge in [0.25, 0.3) is 10.1 Å². The highest BCUT2D eigenvalue weighted by molar-refractivity contribution is 7.85. The number of phenols is 1. The first kappa shape index (κ1) is 25.3. The third kappa shape index (κ3) is 7.97. The third-order valence-corrected chi connectivity index (χ3v) is 4.63. The lowest BCUT2D eigenvalue weighted by Crippen LogP contribution is -2.32. The van der Waals surface area contributed by atoms with Gasteiger partial charge in [-0.15, -0.1) is 0 Å². The molecule has 3 aromatic rings. The van der Waals surface area contributed by atoms with E-state index in [1.54, 1.807) is 19.2 Å². The Balaban J connectivity index is 0.000000654. The molecular weight excluding hydrogens is 436 g/mol. The number of methoxy groups -OCH3 is 1. The van der Waals surface area contributed by atoms with Crippen LogP contribution in [0.5, 0.6) is 11.5 Å². The molecule has 1 aromatic heterocycles. The Morgan fingerprint density at radius 2 is 1.72 bits per heavy atom. The molecule has 0 unspecified atom stereocenters. The summed E-state index contributed by atoms with van der Waals surface area (Å²) < 4.78 is 31.0. The molecule has 5 N–H and O–H groups in total. The van der Waals surface area contributed by atoms with Crippen LogP contribution < -0.4 is 15.6 Å². The molecule has 1 heterocycles. The fraction of sp³-hybridized carbons (Fsp3) is 0.318. The molecule has 9 nitrogen and oxygen atoms in total. The minimum atomic E-state index is -3.67. The molecular formula is C22H28N2O7S. The van der Waals surface area contributed by atoms with E-state index in [1.807, 2.05) is 24.3 Å². The Kier molecular flexibility index (Phi) is 8.79. The largest absolute Gasteiger partial charge is 0.506 e. The summed E-state index contributed by atoms with van der Waals surface area (Å²) in [5.41, 5.74) is 1.88. The Hall–Kier alpha value is -2.92. The third-order valence-electron chi connectivity index (χ3n) is 4.63. The summed E-state index contributed by atoms with van der Waals surface area (Å²) >= 11 is 0. The Morgan fingerprint density at radius 3 is 2.31 bits per heavy atom. The number of fused-ring (bicyclic) bond motifs is 1. The van der Waals surface area contributed by atoms with Gasteiger partial charge in [0, 0.05) is 24.0 Å². The molecule has 2 atom stereocenters. The molecule has 174 valence electrons. The van der Waals surface area contributed by atoms with Crippen LogP contribution in [0.4, 0.5) is 0 Å². The maximum Gasteiger partial charge on any atom is 0.261 e. The van der Waals surface area contributed by atoms with E-state index in [1.165, 1.54) is 17.7 Å². The summed E-state index contributed by atoms with van der Waals surface area (Å²) in [5, 5.41) is 24.5. The van der Waals surface area contributed by atoms with Gasteiger partial charge in [0.15, 0.2) is 0 Å². The van der Waals surface area contributed by atoms with E-state index >= 15 is 0 Å². The van der Waals surface area contributed by atoms with Gasteiger partial charge in [0.1, 0.15) is 11.5 Å². The second-order valence-corrected chi connectivity index (χ2v) is 8.86. The highest BCUT2D eigenvalue weighted by atomic mass is 32.2. The molecule has 0 aliphatic carbocycles. The van der Waals surface area contributed by atoms with E-state index in [0.29, 0.717) is 29.3 Å². The second-order valence-electron chi connectivity index (χ2n) is 7.40. The van der Waals surface area contributed by atoms with Crippen LogP contribution >= 0.6 is 0 Å². The topological polar surface area (TPSA) is 149 Å². The van der Waals surface area contributed by atoms with E-state index in [2.05, 4.69) is 17.2 Å². The highest BCUT2D eigenvalue weighted by Crippen LogP contribution is 2.28. The van der Waals surface area contributed by atoms with Crippen molar-refractivity contribution >= 4 is 21.0 Å². The van der Waals surface area contributed by atoms with Crippen molar-refractivity contribution in [3.05, 3.63) is 70.0 Å². The molecule has 2 aromatic carbocycles. The molecule has 10 heteroatoms. The zero-order valence-corrected chi connectivity index (χ0v) is 18.9. The van der Waals surface area contributed by atoms with Gasteiger partial charge < -0.3 is 25.3 Å². The number of benzene rings is 2. The zero-order valence-electron chi connectivity index (χ0n) is 18.1. The number of rotatable bonds is 7. The predicted molar refractivity (Wildman–Crippen MR) is 123 cm³/mol. The average Bonchev–Trinajstić information content (AvgIpc) is 2.72. The fourth-order valence-electron chi connectivity index (χ4n) is 3.16. The SMILES string of the molecule is COc1ccc(C[C@@H](C)NC[C@H](O)c2ccc(O)c3[nH]c(=O)ccc23)cc1.CS(=O)(=O)O. The molecule has 0 saturated carbocycles. The number of nitrogens with one attached hydrogen (secondary N) is 2. The lowest BCUT2D eigenvalue weighted by atomic mass is 10.0. The van der Waals surface area contributed by atoms with E-state index < -0.39 is 16.2 Å². The Bertz CT molecular complexity index is 1180. The van der Waals surface area contributed by atoms with Gasteiger partial charge in [-0.2, -0.15) is 8.42 Å². The van der Waals surface area contributed by atoms with Crippen molar-refractivity contribution in [1.82, 2.24) is 10.3 Å². The molecule has 0 aliphatic heterocycles. The molecule has 0 fully saturated rings. The van der Waals surface area contributed by atoms with Gasteiger partial charge in [-0.3, -0.25) is 9.35 Å². The Labute approximate surface area is 186 Å². The number of hydrogen-bond donors (Lipinski definition) is 5. The molecule has 0 spiro atoms. The quantitative estimate of drug-likeness (QED) is 0.333. The smallest absolute Gasteiger partial charge is 0.261 e. The second kappa shape index (κ2) is 11.1. The van der Waals surface area contributed by atoms with Crippen molar-refractivity contribution in [2.24, 2.45) is 0 Å². The number of aliphatic hydroxyl groups excluding tert-OH is 1. The van der Waals surface area contributed by atoms with Crippen LogP contribution in [0, 0.1) is 0 Å². The van der Waals surface area contributed by atoms with E-state index in [0.717, 1.165) is 12.2 Å². The van der Waals surface area contributed by atoms with Gasteiger partial charge in [-0.1, -0.05) is 18.2 Å². The number of hydrogen-bond acceptors (Lipinski definition) is 7. The van der Waals surface area contributed by atoms with Crippen LogP contribution in [0.15, 0.2) is 53.3 Å². The van der Waals surface area contributed by atoms with Crippen molar-refractivity contribution in [3.63, 3.8) is 0 Å². The van der Waals surface area contributed by atoms with Crippen LogP contribution in [0.2, 0.25) is 0 Å².